The zero-order chi connectivity index (χ0) is 14.9. The molecule has 1 aliphatic rings. The first-order valence-electron chi connectivity index (χ1n) is 7.44. The van der Waals surface area contributed by atoms with Gasteiger partial charge < -0.3 is 10.4 Å². The van der Waals surface area contributed by atoms with E-state index in [1.165, 1.54) is 0 Å². The molecular weight excluding hydrogens is 268 g/mol. The van der Waals surface area contributed by atoms with Gasteiger partial charge in [0, 0.05) is 12.1 Å². The highest BCUT2D eigenvalue weighted by Gasteiger charge is 2.34. The lowest BCUT2D eigenvalue weighted by atomic mass is 9.98. The van der Waals surface area contributed by atoms with Crippen molar-refractivity contribution in [3.05, 3.63) is 23.8 Å². The fourth-order valence-corrected chi connectivity index (χ4v) is 3.03. The van der Waals surface area contributed by atoms with Gasteiger partial charge in [0.05, 0.1) is 17.7 Å². The van der Waals surface area contributed by atoms with Gasteiger partial charge in [0.2, 0.25) is 0 Å². The number of nitrogens with one attached hydrogen (secondary N) is 1. The maximum absolute atomic E-state index is 12.4. The number of amides is 1. The zero-order valence-corrected chi connectivity index (χ0v) is 12.2. The van der Waals surface area contributed by atoms with Gasteiger partial charge in [0.1, 0.15) is 5.52 Å². The van der Waals surface area contributed by atoms with Gasteiger partial charge in [-0.2, -0.15) is 0 Å². The number of carbonyl (C=O) groups is 1. The number of benzene rings is 1. The molecule has 0 bridgehead atoms. The van der Waals surface area contributed by atoms with Crippen LogP contribution in [0.3, 0.4) is 0 Å². The van der Waals surface area contributed by atoms with Crippen molar-refractivity contribution < 1.29 is 9.90 Å². The number of nitrogens with zero attached hydrogens (tertiary/aromatic N) is 3. The number of aryl methyl sites for hydroxylation is 1. The minimum atomic E-state index is -0.451. The van der Waals surface area contributed by atoms with E-state index in [2.05, 4.69) is 15.6 Å². The number of rotatable bonds is 4. The molecule has 0 atom stereocenters. The monoisotopic (exact) mass is 288 g/mol. The Morgan fingerprint density at radius 3 is 2.86 bits per heavy atom. The van der Waals surface area contributed by atoms with Crippen LogP contribution in [0.25, 0.3) is 11.0 Å². The third-order valence-corrected chi connectivity index (χ3v) is 4.32. The van der Waals surface area contributed by atoms with E-state index in [9.17, 15) is 9.90 Å². The Balaban J connectivity index is 1.84. The first-order valence-corrected chi connectivity index (χ1v) is 7.44. The lowest BCUT2D eigenvalue weighted by Gasteiger charge is -2.27. The number of hydrogen-bond acceptors (Lipinski definition) is 4. The molecule has 1 heterocycles. The smallest absolute Gasteiger partial charge is 0.251 e. The molecule has 2 aromatic rings. The normalized spacial score (nSPS) is 17.2. The van der Waals surface area contributed by atoms with Crippen LogP contribution in [-0.4, -0.2) is 38.2 Å². The fourth-order valence-electron chi connectivity index (χ4n) is 3.03. The van der Waals surface area contributed by atoms with Crippen molar-refractivity contribution in [1.29, 1.82) is 0 Å². The number of carbonyl (C=O) groups excluding carboxylic acids is 1. The average Bonchev–Trinajstić information content (AvgIpc) is 3.13. The van der Waals surface area contributed by atoms with Gasteiger partial charge in [-0.05, 0) is 38.0 Å². The molecule has 1 aromatic carbocycles. The molecule has 0 unspecified atom stereocenters. The predicted molar refractivity (Wildman–Crippen MR) is 79.0 cm³/mol. The Labute approximate surface area is 123 Å². The summed E-state index contributed by atoms with van der Waals surface area (Å²) in [4.78, 5) is 12.4. The molecule has 6 heteroatoms. The van der Waals surface area contributed by atoms with Crippen LogP contribution >= 0.6 is 0 Å². The number of fused-ring (bicyclic) bond motifs is 1. The van der Waals surface area contributed by atoms with Crippen molar-refractivity contribution >= 4 is 16.9 Å². The summed E-state index contributed by atoms with van der Waals surface area (Å²) >= 11 is 0. The number of aromatic nitrogens is 3. The molecule has 1 fully saturated rings. The minimum Gasteiger partial charge on any atom is -0.394 e. The summed E-state index contributed by atoms with van der Waals surface area (Å²) in [5, 5.41) is 20.7. The Morgan fingerprint density at radius 2 is 2.19 bits per heavy atom. The highest BCUT2D eigenvalue weighted by atomic mass is 16.3. The second-order valence-corrected chi connectivity index (χ2v) is 5.71. The molecule has 1 aromatic heterocycles. The van der Waals surface area contributed by atoms with Crippen LogP contribution in [0.15, 0.2) is 18.2 Å². The quantitative estimate of drug-likeness (QED) is 0.893. The van der Waals surface area contributed by atoms with Gasteiger partial charge in [-0.3, -0.25) is 4.79 Å². The van der Waals surface area contributed by atoms with Crippen molar-refractivity contribution in [1.82, 2.24) is 20.3 Å². The van der Waals surface area contributed by atoms with E-state index in [0.717, 1.165) is 37.7 Å². The minimum absolute atomic E-state index is 0.00694. The van der Waals surface area contributed by atoms with Crippen molar-refractivity contribution in [3.8, 4) is 0 Å². The van der Waals surface area contributed by atoms with Crippen LogP contribution in [0.1, 0.15) is 43.0 Å². The van der Waals surface area contributed by atoms with E-state index in [1.54, 1.807) is 16.8 Å². The second-order valence-electron chi connectivity index (χ2n) is 5.71. The Bertz CT molecular complexity index is 659. The van der Waals surface area contributed by atoms with Gasteiger partial charge in [-0.15, -0.1) is 5.10 Å². The third-order valence-electron chi connectivity index (χ3n) is 4.32. The number of aliphatic hydroxyl groups is 1. The topological polar surface area (TPSA) is 80.0 Å². The maximum atomic E-state index is 12.4. The first kappa shape index (κ1) is 14.0. The lowest BCUT2D eigenvalue weighted by Crippen LogP contribution is -2.49. The predicted octanol–water partition coefficient (Wildman–Crippen LogP) is 1.49. The summed E-state index contributed by atoms with van der Waals surface area (Å²) in [6, 6.07) is 5.41. The molecule has 0 aliphatic heterocycles. The summed E-state index contributed by atoms with van der Waals surface area (Å²) in [5.41, 5.74) is 1.75. The molecule has 112 valence electrons. The fraction of sp³-hybridized carbons (Fsp3) is 0.533. The van der Waals surface area contributed by atoms with Gasteiger partial charge in [-0.25, -0.2) is 4.68 Å². The number of hydrogen-bond donors (Lipinski definition) is 2. The van der Waals surface area contributed by atoms with Crippen LogP contribution in [0.4, 0.5) is 0 Å². The standard InChI is InChI=1S/C15H20N4O2/c1-2-19-13-6-5-11(9-12(13)17-18-19)14(21)16-15(10-20)7-3-4-8-15/h5-6,9,20H,2-4,7-8,10H2,1H3,(H,16,21). The van der Waals surface area contributed by atoms with Gasteiger partial charge in [0.25, 0.3) is 5.91 Å². The SMILES string of the molecule is CCn1nnc2cc(C(=O)NC3(CO)CCCC3)ccc21. The molecule has 1 amide bonds. The van der Waals surface area contributed by atoms with E-state index in [-0.39, 0.29) is 12.5 Å². The van der Waals surface area contributed by atoms with Crippen molar-refractivity contribution in [2.45, 2.75) is 44.7 Å². The zero-order valence-electron chi connectivity index (χ0n) is 12.2. The molecule has 21 heavy (non-hydrogen) atoms. The van der Waals surface area contributed by atoms with Gasteiger partial charge >= 0.3 is 0 Å². The van der Waals surface area contributed by atoms with Crippen LogP contribution in [0.5, 0.6) is 0 Å². The third kappa shape index (κ3) is 2.51. The van der Waals surface area contributed by atoms with Crippen LogP contribution in [0, 0.1) is 0 Å². The maximum Gasteiger partial charge on any atom is 0.251 e. The van der Waals surface area contributed by atoms with E-state index < -0.39 is 5.54 Å². The van der Waals surface area contributed by atoms with Crippen LogP contribution < -0.4 is 5.32 Å². The van der Waals surface area contributed by atoms with E-state index in [0.29, 0.717) is 11.1 Å². The number of aliphatic hydroxyl groups excluding tert-OH is 1. The van der Waals surface area contributed by atoms with E-state index >= 15 is 0 Å². The summed E-state index contributed by atoms with van der Waals surface area (Å²) in [6.07, 6.45) is 3.77. The van der Waals surface area contributed by atoms with Crippen molar-refractivity contribution in [2.75, 3.05) is 6.61 Å². The molecule has 2 N–H and O–H groups in total. The summed E-state index contributed by atoms with van der Waals surface area (Å²) in [5.74, 6) is -0.154. The molecule has 3 rings (SSSR count). The second kappa shape index (κ2) is 5.44. The van der Waals surface area contributed by atoms with Crippen molar-refractivity contribution in [2.24, 2.45) is 0 Å². The Hall–Kier alpha value is -1.95. The highest BCUT2D eigenvalue weighted by molar-refractivity contribution is 5.97. The molecular formula is C15H20N4O2. The molecule has 0 spiro atoms. The van der Waals surface area contributed by atoms with Crippen LogP contribution in [-0.2, 0) is 6.54 Å². The molecule has 1 saturated carbocycles. The van der Waals surface area contributed by atoms with Crippen LogP contribution in [0.2, 0.25) is 0 Å². The molecule has 6 nitrogen and oxygen atoms in total. The Kier molecular flexibility index (Phi) is 3.63. The summed E-state index contributed by atoms with van der Waals surface area (Å²) in [7, 11) is 0. The molecule has 1 aliphatic carbocycles. The Morgan fingerprint density at radius 1 is 1.43 bits per heavy atom. The molecule has 0 saturated heterocycles. The van der Waals surface area contributed by atoms with E-state index in [4.69, 9.17) is 0 Å². The summed E-state index contributed by atoms with van der Waals surface area (Å²) in [6.45, 7) is 2.74. The van der Waals surface area contributed by atoms with Gasteiger partial charge in [0.15, 0.2) is 0 Å². The average molecular weight is 288 g/mol. The van der Waals surface area contributed by atoms with Crippen molar-refractivity contribution in [3.63, 3.8) is 0 Å². The van der Waals surface area contributed by atoms with Gasteiger partial charge in [-0.1, -0.05) is 18.1 Å². The van der Waals surface area contributed by atoms with E-state index in [1.807, 2.05) is 13.0 Å². The summed E-state index contributed by atoms with van der Waals surface area (Å²) < 4.78 is 1.79. The first-order chi connectivity index (χ1) is 10.2. The largest absolute Gasteiger partial charge is 0.394 e. The lowest BCUT2D eigenvalue weighted by molar-refractivity contribution is 0.0838. The molecule has 0 radical (unpaired) electrons. The highest BCUT2D eigenvalue weighted by Crippen LogP contribution is 2.29.